The molecular formula is C11H14ClF2NO. The number of hydrogen-bond acceptors (Lipinski definition) is 2. The smallest absolute Gasteiger partial charge is 0.257 e. The molecule has 0 radical (unpaired) electrons. The van der Waals surface area contributed by atoms with Gasteiger partial charge in [0.2, 0.25) is 0 Å². The summed E-state index contributed by atoms with van der Waals surface area (Å²) in [6, 6.07) is 3.64. The van der Waals surface area contributed by atoms with Crippen LogP contribution in [0.3, 0.4) is 0 Å². The summed E-state index contributed by atoms with van der Waals surface area (Å²) in [5.74, 6) is 0.413. The summed E-state index contributed by atoms with van der Waals surface area (Å²) >= 11 is 5.79. The minimum Gasteiger partial charge on any atom is -0.496 e. The Morgan fingerprint density at radius 1 is 1.44 bits per heavy atom. The van der Waals surface area contributed by atoms with Gasteiger partial charge in [-0.15, -0.1) is 0 Å². The largest absolute Gasteiger partial charge is 0.496 e. The molecule has 1 N–H and O–H groups in total. The highest BCUT2D eigenvalue weighted by molar-refractivity contribution is 6.30. The van der Waals surface area contributed by atoms with Gasteiger partial charge in [0.15, 0.2) is 0 Å². The molecule has 0 aliphatic rings. The van der Waals surface area contributed by atoms with Crippen molar-refractivity contribution in [2.24, 2.45) is 0 Å². The molecule has 0 amide bonds. The van der Waals surface area contributed by atoms with Gasteiger partial charge < -0.3 is 10.1 Å². The lowest BCUT2D eigenvalue weighted by atomic mass is 10.1. The van der Waals surface area contributed by atoms with Crippen molar-refractivity contribution >= 4 is 11.6 Å². The average Bonchev–Trinajstić information content (AvgIpc) is 2.25. The van der Waals surface area contributed by atoms with Crippen molar-refractivity contribution in [3.63, 3.8) is 0 Å². The normalized spacial score (nSPS) is 12.9. The first-order chi connectivity index (χ1) is 7.60. The molecule has 2 nitrogen and oxygen atoms in total. The summed E-state index contributed by atoms with van der Waals surface area (Å²) < 4.78 is 30.8. The number of rotatable bonds is 5. The molecule has 1 aromatic carbocycles. The average molecular weight is 250 g/mol. The Morgan fingerprint density at radius 3 is 2.62 bits per heavy atom. The van der Waals surface area contributed by atoms with Gasteiger partial charge in [0.1, 0.15) is 5.75 Å². The van der Waals surface area contributed by atoms with Crippen LogP contribution in [-0.2, 0) is 0 Å². The van der Waals surface area contributed by atoms with Crippen molar-refractivity contribution in [1.29, 1.82) is 0 Å². The lowest BCUT2D eigenvalue weighted by Crippen LogP contribution is -2.27. The highest BCUT2D eigenvalue weighted by Crippen LogP contribution is 2.31. The first-order valence-corrected chi connectivity index (χ1v) is 5.33. The third kappa shape index (κ3) is 3.06. The van der Waals surface area contributed by atoms with E-state index in [0.29, 0.717) is 22.9 Å². The molecule has 5 heteroatoms. The molecule has 0 aliphatic heterocycles. The van der Waals surface area contributed by atoms with Crippen molar-refractivity contribution < 1.29 is 13.5 Å². The van der Waals surface area contributed by atoms with Crippen molar-refractivity contribution in [2.75, 3.05) is 13.7 Å². The van der Waals surface area contributed by atoms with Crippen molar-refractivity contribution in [3.05, 3.63) is 28.8 Å². The zero-order valence-electron chi connectivity index (χ0n) is 9.14. The summed E-state index contributed by atoms with van der Waals surface area (Å²) in [4.78, 5) is 0. The van der Waals surface area contributed by atoms with Crippen LogP contribution in [-0.4, -0.2) is 20.1 Å². The molecular weight excluding hydrogens is 236 g/mol. The highest BCUT2D eigenvalue weighted by atomic mass is 35.5. The van der Waals surface area contributed by atoms with E-state index >= 15 is 0 Å². The zero-order valence-corrected chi connectivity index (χ0v) is 9.89. The number of ether oxygens (including phenoxy) is 1. The Hall–Kier alpha value is -0.870. The van der Waals surface area contributed by atoms with Gasteiger partial charge in [0, 0.05) is 10.6 Å². The van der Waals surface area contributed by atoms with Crippen molar-refractivity contribution in [2.45, 2.75) is 19.4 Å². The number of benzene rings is 1. The topological polar surface area (TPSA) is 21.3 Å². The lowest BCUT2D eigenvalue weighted by molar-refractivity contribution is 0.0979. The second-order valence-corrected chi connectivity index (χ2v) is 3.69. The molecule has 0 heterocycles. The van der Waals surface area contributed by atoms with Gasteiger partial charge in [0.25, 0.3) is 6.43 Å². The monoisotopic (exact) mass is 249 g/mol. The summed E-state index contributed by atoms with van der Waals surface area (Å²) in [6.45, 7) is 2.22. The molecule has 1 unspecified atom stereocenters. The molecule has 16 heavy (non-hydrogen) atoms. The first-order valence-electron chi connectivity index (χ1n) is 4.95. The quantitative estimate of drug-likeness (QED) is 0.865. The maximum absolute atomic E-state index is 12.9. The Bertz CT molecular complexity index is 347. The molecule has 0 aliphatic carbocycles. The van der Waals surface area contributed by atoms with Gasteiger partial charge in [-0.25, -0.2) is 8.78 Å². The van der Waals surface area contributed by atoms with Gasteiger partial charge in [-0.2, -0.15) is 0 Å². The van der Waals surface area contributed by atoms with Crippen LogP contribution in [0, 0.1) is 0 Å². The van der Waals surface area contributed by atoms with E-state index in [-0.39, 0.29) is 0 Å². The van der Waals surface area contributed by atoms with E-state index in [1.54, 1.807) is 19.1 Å². The first kappa shape index (κ1) is 13.2. The molecule has 1 atom stereocenters. The highest BCUT2D eigenvalue weighted by Gasteiger charge is 2.24. The van der Waals surface area contributed by atoms with Crippen LogP contribution in [0.15, 0.2) is 18.2 Å². The minimum absolute atomic E-state index is 0.381. The van der Waals surface area contributed by atoms with Crippen molar-refractivity contribution in [3.8, 4) is 5.75 Å². The van der Waals surface area contributed by atoms with Gasteiger partial charge in [0.05, 0.1) is 13.2 Å². The summed E-state index contributed by atoms with van der Waals surface area (Å²) in [7, 11) is 1.45. The maximum atomic E-state index is 12.9. The van der Waals surface area contributed by atoms with Gasteiger partial charge in [-0.3, -0.25) is 0 Å². The number of halogens is 3. The van der Waals surface area contributed by atoms with E-state index in [0.717, 1.165) is 0 Å². The SMILES string of the molecule is CCNC(c1cc(Cl)ccc1OC)C(F)F. The van der Waals surface area contributed by atoms with E-state index < -0.39 is 12.5 Å². The summed E-state index contributed by atoms with van der Waals surface area (Å²) in [6.07, 6.45) is -2.51. The fourth-order valence-electron chi connectivity index (χ4n) is 1.50. The van der Waals surface area contributed by atoms with Gasteiger partial charge in [-0.1, -0.05) is 18.5 Å². The van der Waals surface area contributed by atoms with Crippen molar-refractivity contribution in [1.82, 2.24) is 5.32 Å². The lowest BCUT2D eigenvalue weighted by Gasteiger charge is -2.20. The Labute approximate surface area is 98.6 Å². The Balaban J connectivity index is 3.10. The minimum atomic E-state index is -2.51. The van der Waals surface area contributed by atoms with Crippen LogP contribution in [0.25, 0.3) is 0 Å². The van der Waals surface area contributed by atoms with E-state index in [1.807, 2.05) is 0 Å². The van der Waals surface area contributed by atoms with E-state index in [2.05, 4.69) is 5.32 Å². The molecule has 90 valence electrons. The third-order valence-electron chi connectivity index (χ3n) is 2.20. The summed E-state index contributed by atoms with van der Waals surface area (Å²) in [5.41, 5.74) is 0.381. The maximum Gasteiger partial charge on any atom is 0.257 e. The fourth-order valence-corrected chi connectivity index (χ4v) is 1.68. The van der Waals surface area contributed by atoms with Crippen LogP contribution in [0.4, 0.5) is 8.78 Å². The molecule has 1 aromatic rings. The molecule has 0 saturated carbocycles. The second kappa shape index (κ2) is 6.01. The second-order valence-electron chi connectivity index (χ2n) is 3.26. The summed E-state index contributed by atoms with van der Waals surface area (Å²) in [5, 5.41) is 3.13. The van der Waals surface area contributed by atoms with Crippen LogP contribution in [0.2, 0.25) is 5.02 Å². The van der Waals surface area contributed by atoms with E-state index in [1.165, 1.54) is 13.2 Å². The fraction of sp³-hybridized carbons (Fsp3) is 0.455. The third-order valence-corrected chi connectivity index (χ3v) is 2.44. The Kier molecular flexibility index (Phi) is 4.96. The predicted octanol–water partition coefficient (Wildman–Crippen LogP) is 3.26. The molecule has 0 spiro atoms. The van der Waals surface area contributed by atoms with Crippen LogP contribution in [0.5, 0.6) is 5.75 Å². The standard InChI is InChI=1S/C11H14ClF2NO/c1-3-15-10(11(13)14)8-6-7(12)4-5-9(8)16-2/h4-6,10-11,15H,3H2,1-2H3. The molecule has 0 aromatic heterocycles. The molecule has 1 rings (SSSR count). The van der Waals surface area contributed by atoms with E-state index in [9.17, 15) is 8.78 Å². The zero-order chi connectivity index (χ0) is 12.1. The van der Waals surface area contributed by atoms with Crippen LogP contribution < -0.4 is 10.1 Å². The number of nitrogens with one attached hydrogen (secondary N) is 1. The number of alkyl halides is 2. The molecule has 0 fully saturated rings. The predicted molar refractivity (Wildman–Crippen MR) is 60.4 cm³/mol. The molecule has 0 saturated heterocycles. The number of hydrogen-bond donors (Lipinski definition) is 1. The van der Waals surface area contributed by atoms with Crippen LogP contribution >= 0.6 is 11.6 Å². The molecule has 0 bridgehead atoms. The van der Waals surface area contributed by atoms with E-state index in [4.69, 9.17) is 16.3 Å². The van der Waals surface area contributed by atoms with Crippen LogP contribution in [0.1, 0.15) is 18.5 Å². The number of methoxy groups -OCH3 is 1. The van der Waals surface area contributed by atoms with Gasteiger partial charge in [-0.05, 0) is 24.7 Å². The Morgan fingerprint density at radius 2 is 2.12 bits per heavy atom. The van der Waals surface area contributed by atoms with Gasteiger partial charge >= 0.3 is 0 Å².